The molecule has 6 rings (SSSR count). The Hall–Kier alpha value is -6.82. The highest BCUT2D eigenvalue weighted by Gasteiger charge is 2.34. The fourth-order valence-corrected chi connectivity index (χ4v) is 6.05. The molecule has 3 aromatic heterocycles. The summed E-state index contributed by atoms with van der Waals surface area (Å²) in [6, 6.07) is 33.8. The van der Waals surface area contributed by atoms with Crippen molar-refractivity contribution in [1.82, 2.24) is 15.0 Å². The number of pyridine rings is 3. The van der Waals surface area contributed by atoms with Gasteiger partial charge in [0.1, 0.15) is 30.5 Å². The number of esters is 4. The summed E-state index contributed by atoms with van der Waals surface area (Å²) in [6.45, 7) is 9.71. The highest BCUT2D eigenvalue weighted by molar-refractivity contribution is 6.31. The number of aliphatic hydroxyl groups is 2. The topological polar surface area (TPSA) is 212 Å². The van der Waals surface area contributed by atoms with Gasteiger partial charge in [0.05, 0.1) is 54.8 Å². The molecular formula is C53H56Cl3N3O13. The van der Waals surface area contributed by atoms with Crippen molar-refractivity contribution in [1.29, 1.82) is 0 Å². The minimum Gasteiger partial charge on any atom is -0.476 e. The van der Waals surface area contributed by atoms with Gasteiger partial charge >= 0.3 is 23.9 Å². The summed E-state index contributed by atoms with van der Waals surface area (Å²) in [6.07, 6.45) is 3.39. The van der Waals surface area contributed by atoms with Crippen LogP contribution in [0.15, 0.2) is 134 Å². The van der Waals surface area contributed by atoms with E-state index in [2.05, 4.69) is 15.0 Å². The number of carbonyl (C=O) groups excluding carboxylic acids is 4. The van der Waals surface area contributed by atoms with Gasteiger partial charge in [-0.15, -0.1) is 0 Å². The largest absolute Gasteiger partial charge is 0.476 e. The number of ether oxygens (including phenoxy) is 7. The molecule has 0 fully saturated rings. The molecule has 2 N–H and O–H groups in total. The summed E-state index contributed by atoms with van der Waals surface area (Å²) in [5.74, 6) is -0.426. The lowest BCUT2D eigenvalue weighted by molar-refractivity contribution is -0.161. The average molecular weight is 1050 g/mol. The predicted octanol–water partition coefficient (Wildman–Crippen LogP) is 9.94. The Morgan fingerprint density at radius 2 is 0.833 bits per heavy atom. The second-order valence-corrected chi connectivity index (χ2v) is 18.1. The lowest BCUT2D eigenvalue weighted by atomic mass is 10.1. The van der Waals surface area contributed by atoms with Crippen molar-refractivity contribution in [2.75, 3.05) is 13.2 Å². The van der Waals surface area contributed by atoms with Crippen LogP contribution in [0.25, 0.3) is 0 Å². The Labute approximate surface area is 433 Å². The Bertz CT molecular complexity index is 2530. The van der Waals surface area contributed by atoms with Crippen molar-refractivity contribution in [2.24, 2.45) is 0 Å². The number of halogens is 3. The van der Waals surface area contributed by atoms with Crippen LogP contribution < -0.4 is 14.2 Å². The number of hydrogen-bond donors (Lipinski definition) is 2. The van der Waals surface area contributed by atoms with Gasteiger partial charge in [-0.25, -0.2) is 19.2 Å². The fourth-order valence-electron chi connectivity index (χ4n) is 5.67. The van der Waals surface area contributed by atoms with Gasteiger partial charge in [-0.05, 0) is 151 Å². The van der Waals surface area contributed by atoms with E-state index in [1.54, 1.807) is 169 Å². The second-order valence-electron chi connectivity index (χ2n) is 16.8. The van der Waals surface area contributed by atoms with Gasteiger partial charge in [-0.2, -0.15) is 0 Å². The molecule has 0 atom stereocenters. The Kier molecular flexibility index (Phi) is 22.7. The second kappa shape index (κ2) is 28.3. The van der Waals surface area contributed by atoms with Crippen molar-refractivity contribution in [3.05, 3.63) is 177 Å². The fraction of sp³-hybridized carbons (Fsp3) is 0.302. The highest BCUT2D eigenvalue weighted by atomic mass is 35.5. The molecule has 3 aromatic carbocycles. The zero-order valence-electron chi connectivity index (χ0n) is 40.5. The molecule has 72 heavy (non-hydrogen) atoms. The van der Waals surface area contributed by atoms with Crippen molar-refractivity contribution in [3.63, 3.8) is 0 Å². The van der Waals surface area contributed by atoms with E-state index in [-0.39, 0.29) is 39.6 Å². The summed E-state index contributed by atoms with van der Waals surface area (Å²) in [7, 11) is 0. The van der Waals surface area contributed by atoms with Gasteiger partial charge in [0.25, 0.3) is 0 Å². The maximum Gasteiger partial charge on any atom is 0.350 e. The van der Waals surface area contributed by atoms with E-state index >= 15 is 0 Å². The normalized spacial score (nSPS) is 11.0. The van der Waals surface area contributed by atoms with Crippen molar-refractivity contribution in [3.8, 4) is 17.2 Å². The van der Waals surface area contributed by atoms with Crippen molar-refractivity contribution < 1.29 is 62.5 Å². The first-order valence-electron chi connectivity index (χ1n) is 22.2. The molecule has 0 aliphatic rings. The summed E-state index contributed by atoms with van der Waals surface area (Å²) in [4.78, 5) is 60.5. The molecular weight excluding hydrogens is 993 g/mol. The summed E-state index contributed by atoms with van der Waals surface area (Å²) < 4.78 is 37.8. The smallest absolute Gasteiger partial charge is 0.350 e. The first kappa shape index (κ1) is 57.8. The zero-order valence-corrected chi connectivity index (χ0v) is 42.8. The molecule has 0 amide bonds. The molecule has 0 bridgehead atoms. The number of rotatable bonds is 20. The SMILES string of the molecule is CC(C)(Oc1ccc(Cl)cc1)C(=O)OCCCOC(=O)c1cccnc1.CC(C)(Oc1ccc(Cl)cc1)C(=O)OCc1cccc(CO)n1.CC(C)(Oc1ccc(Cl)cc1)C(=O)OCc1cccc(CO)n1. The summed E-state index contributed by atoms with van der Waals surface area (Å²) in [5.41, 5.74) is -0.905. The standard InChI is InChI=1S/C19H20ClNO5.2C17H18ClNO4/c1-19(2,26-16-8-6-15(20)7-9-16)18(23)25-12-4-11-24-17(22)14-5-3-10-21-13-14;2*1-17(2,23-15-8-6-12(18)7-9-15)16(21)22-11-14-5-3-4-13(10-20)19-14/h3,5-10,13H,4,11-12H2,1-2H3;2*3-9,20H,10-11H2,1-2H3. The quantitative estimate of drug-likeness (QED) is 0.0414. The monoisotopic (exact) mass is 1050 g/mol. The molecule has 3 heterocycles. The number of aliphatic hydroxyl groups excluding tert-OH is 2. The molecule has 16 nitrogen and oxygen atoms in total. The van der Waals surface area contributed by atoms with Crippen molar-refractivity contribution in [2.45, 2.75) is 91.2 Å². The Balaban J connectivity index is 0.000000235. The Morgan fingerprint density at radius 1 is 0.472 bits per heavy atom. The van der Waals surface area contributed by atoms with Crippen molar-refractivity contribution >= 4 is 58.7 Å². The third-order valence-electron chi connectivity index (χ3n) is 9.44. The molecule has 0 unspecified atom stereocenters. The highest BCUT2D eigenvalue weighted by Crippen LogP contribution is 2.25. The van der Waals surface area contributed by atoms with Gasteiger partial charge in [0.15, 0.2) is 16.8 Å². The number of carbonyl (C=O) groups is 4. The molecule has 0 spiro atoms. The zero-order chi connectivity index (χ0) is 52.7. The van der Waals surface area contributed by atoms with Gasteiger partial charge in [0, 0.05) is 33.9 Å². The Morgan fingerprint density at radius 3 is 1.19 bits per heavy atom. The van der Waals surface area contributed by atoms with Crippen LogP contribution in [0.3, 0.4) is 0 Å². The number of benzene rings is 3. The van der Waals surface area contributed by atoms with E-state index in [0.717, 1.165) is 0 Å². The van der Waals surface area contributed by atoms with E-state index in [9.17, 15) is 19.2 Å². The van der Waals surface area contributed by atoms with E-state index in [0.29, 0.717) is 67.1 Å². The van der Waals surface area contributed by atoms with Gasteiger partial charge in [0.2, 0.25) is 0 Å². The maximum atomic E-state index is 12.2. The lowest BCUT2D eigenvalue weighted by Crippen LogP contribution is -2.40. The van der Waals surface area contributed by atoms with Crippen LogP contribution in [0.5, 0.6) is 17.2 Å². The molecule has 382 valence electrons. The minimum atomic E-state index is -1.15. The predicted molar refractivity (Wildman–Crippen MR) is 268 cm³/mol. The van der Waals surface area contributed by atoms with Crippen LogP contribution in [-0.2, 0) is 59.8 Å². The lowest BCUT2D eigenvalue weighted by Gasteiger charge is -2.24. The maximum absolute atomic E-state index is 12.2. The van der Waals surface area contributed by atoms with Gasteiger partial charge in [-0.3, -0.25) is 15.0 Å². The number of aromatic nitrogens is 3. The third kappa shape index (κ3) is 20.1. The van der Waals surface area contributed by atoms with Crippen LogP contribution in [0, 0.1) is 0 Å². The van der Waals surface area contributed by atoms with Crippen LogP contribution in [0.2, 0.25) is 15.1 Å². The average Bonchev–Trinajstić information content (AvgIpc) is 3.37. The summed E-state index contributed by atoms with van der Waals surface area (Å²) >= 11 is 17.5. The molecule has 19 heteroatoms. The molecule has 6 aromatic rings. The number of nitrogens with zero attached hydrogens (tertiary/aromatic N) is 3. The van der Waals surface area contributed by atoms with Gasteiger partial charge < -0.3 is 43.4 Å². The van der Waals surface area contributed by atoms with Crippen LogP contribution in [0.1, 0.15) is 81.1 Å². The van der Waals surface area contributed by atoms with E-state index < -0.39 is 40.7 Å². The van der Waals surface area contributed by atoms with E-state index in [4.69, 9.17) is 78.2 Å². The van der Waals surface area contributed by atoms with Crippen LogP contribution >= 0.6 is 34.8 Å². The minimum absolute atomic E-state index is 0.0140. The first-order chi connectivity index (χ1) is 34.2. The van der Waals surface area contributed by atoms with E-state index in [1.807, 2.05) is 0 Å². The molecule has 0 radical (unpaired) electrons. The molecule has 0 saturated carbocycles. The first-order valence-corrected chi connectivity index (χ1v) is 23.4. The van der Waals surface area contributed by atoms with Crippen LogP contribution in [0.4, 0.5) is 0 Å². The number of hydrogen-bond acceptors (Lipinski definition) is 16. The molecule has 0 aliphatic carbocycles. The van der Waals surface area contributed by atoms with Crippen LogP contribution in [-0.4, -0.2) is 79.1 Å². The van der Waals surface area contributed by atoms with E-state index in [1.165, 1.54) is 6.20 Å². The summed E-state index contributed by atoms with van der Waals surface area (Å²) in [5, 5.41) is 19.9. The third-order valence-corrected chi connectivity index (χ3v) is 10.2. The molecule has 0 aliphatic heterocycles. The molecule has 0 saturated heterocycles. The van der Waals surface area contributed by atoms with Gasteiger partial charge in [-0.1, -0.05) is 46.9 Å².